The van der Waals surface area contributed by atoms with Crippen molar-refractivity contribution in [2.45, 2.75) is 12.8 Å². The van der Waals surface area contributed by atoms with Crippen LogP contribution in [-0.2, 0) is 17.6 Å². The molecule has 0 unspecified atom stereocenters. The first-order valence-electron chi connectivity index (χ1n) is 9.27. The Labute approximate surface area is 167 Å². The molecule has 1 aliphatic carbocycles. The number of nitrogens with zero attached hydrogens (tertiary/aromatic N) is 1. The highest BCUT2D eigenvalue weighted by Gasteiger charge is 2.18. The van der Waals surface area contributed by atoms with Gasteiger partial charge >= 0.3 is 0 Å². The van der Waals surface area contributed by atoms with E-state index in [1.165, 1.54) is 33.6 Å². The summed E-state index contributed by atoms with van der Waals surface area (Å²) in [6.07, 6.45) is 1.32. The van der Waals surface area contributed by atoms with Gasteiger partial charge in [-0.3, -0.25) is 4.79 Å². The number of aromatic nitrogens is 1. The fourth-order valence-corrected chi connectivity index (χ4v) is 4.45. The Morgan fingerprint density at radius 1 is 0.929 bits per heavy atom. The predicted molar refractivity (Wildman–Crippen MR) is 115 cm³/mol. The molecule has 0 aliphatic heterocycles. The van der Waals surface area contributed by atoms with Crippen molar-refractivity contribution in [1.29, 1.82) is 0 Å². The highest BCUT2D eigenvalue weighted by molar-refractivity contribution is 7.14. The SMILES string of the molecule is O=C(Cc1ccccc1)Nc1nc(-c2ccc3c(c2)Cc2ccccc2-3)cs1. The molecule has 0 radical (unpaired) electrons. The van der Waals surface area contributed by atoms with Gasteiger partial charge in [-0.2, -0.15) is 0 Å². The van der Waals surface area contributed by atoms with Gasteiger partial charge in [0.2, 0.25) is 5.91 Å². The number of hydrogen-bond donors (Lipinski definition) is 1. The summed E-state index contributed by atoms with van der Waals surface area (Å²) in [5.74, 6) is -0.0449. The monoisotopic (exact) mass is 382 g/mol. The van der Waals surface area contributed by atoms with Gasteiger partial charge in [0, 0.05) is 10.9 Å². The quantitative estimate of drug-likeness (QED) is 0.442. The van der Waals surface area contributed by atoms with Crippen LogP contribution in [0.1, 0.15) is 16.7 Å². The summed E-state index contributed by atoms with van der Waals surface area (Å²) in [6, 6.07) is 24.8. The van der Waals surface area contributed by atoms with Gasteiger partial charge in [-0.05, 0) is 40.3 Å². The second-order valence-corrected chi connectivity index (χ2v) is 7.81. The lowest BCUT2D eigenvalue weighted by Gasteiger charge is -2.04. The van der Waals surface area contributed by atoms with Crippen molar-refractivity contribution in [2.24, 2.45) is 0 Å². The molecular formula is C24H18N2OS. The molecule has 0 fully saturated rings. The number of benzene rings is 3. The number of carbonyl (C=O) groups is 1. The number of thiazole rings is 1. The Morgan fingerprint density at radius 3 is 2.61 bits per heavy atom. The molecule has 28 heavy (non-hydrogen) atoms. The van der Waals surface area contributed by atoms with Crippen molar-refractivity contribution in [2.75, 3.05) is 5.32 Å². The average Bonchev–Trinajstić information content (AvgIpc) is 3.32. The van der Waals surface area contributed by atoms with E-state index in [1.54, 1.807) is 0 Å². The number of amides is 1. The molecule has 1 heterocycles. The summed E-state index contributed by atoms with van der Waals surface area (Å²) in [6.45, 7) is 0. The number of rotatable bonds is 4. The number of carbonyl (C=O) groups excluding carboxylic acids is 1. The average molecular weight is 382 g/mol. The van der Waals surface area contributed by atoms with Crippen LogP contribution in [0.15, 0.2) is 78.2 Å². The van der Waals surface area contributed by atoms with E-state index < -0.39 is 0 Å². The van der Waals surface area contributed by atoms with E-state index in [4.69, 9.17) is 0 Å². The summed E-state index contributed by atoms with van der Waals surface area (Å²) in [5, 5.41) is 5.56. The van der Waals surface area contributed by atoms with Crippen LogP contribution in [0, 0.1) is 0 Å². The molecule has 0 bridgehead atoms. The van der Waals surface area contributed by atoms with Gasteiger partial charge < -0.3 is 5.32 Å². The second-order valence-electron chi connectivity index (χ2n) is 6.95. The molecule has 3 nitrogen and oxygen atoms in total. The largest absolute Gasteiger partial charge is 0.302 e. The van der Waals surface area contributed by atoms with Crippen molar-refractivity contribution in [3.63, 3.8) is 0 Å². The normalized spacial score (nSPS) is 11.7. The minimum absolute atomic E-state index is 0.0449. The van der Waals surface area contributed by atoms with E-state index >= 15 is 0 Å². The fraction of sp³-hybridized carbons (Fsp3) is 0.0833. The van der Waals surface area contributed by atoms with Gasteiger partial charge in [-0.1, -0.05) is 66.7 Å². The molecule has 1 N–H and O–H groups in total. The molecule has 0 saturated carbocycles. The van der Waals surface area contributed by atoms with E-state index in [9.17, 15) is 4.79 Å². The third-order valence-electron chi connectivity index (χ3n) is 5.05. The van der Waals surface area contributed by atoms with Crippen LogP contribution in [0.4, 0.5) is 5.13 Å². The van der Waals surface area contributed by atoms with Crippen LogP contribution >= 0.6 is 11.3 Å². The highest BCUT2D eigenvalue weighted by Crippen LogP contribution is 2.38. The molecule has 0 atom stereocenters. The molecule has 5 rings (SSSR count). The smallest absolute Gasteiger partial charge is 0.230 e. The van der Waals surface area contributed by atoms with E-state index in [-0.39, 0.29) is 5.91 Å². The van der Waals surface area contributed by atoms with Crippen molar-refractivity contribution in [1.82, 2.24) is 4.98 Å². The number of hydrogen-bond acceptors (Lipinski definition) is 3. The maximum atomic E-state index is 12.3. The van der Waals surface area contributed by atoms with E-state index in [0.717, 1.165) is 23.2 Å². The van der Waals surface area contributed by atoms with Gasteiger partial charge in [0.15, 0.2) is 5.13 Å². The Kier molecular flexibility index (Phi) is 4.26. The second kappa shape index (κ2) is 7.06. The molecular weight excluding hydrogens is 364 g/mol. The first-order valence-corrected chi connectivity index (χ1v) is 10.1. The van der Waals surface area contributed by atoms with Crippen molar-refractivity contribution in [3.05, 3.63) is 94.9 Å². The summed E-state index contributed by atoms with van der Waals surface area (Å²) in [4.78, 5) is 16.9. The molecule has 4 aromatic rings. The molecule has 3 aromatic carbocycles. The minimum atomic E-state index is -0.0449. The lowest BCUT2D eigenvalue weighted by atomic mass is 10.0. The predicted octanol–water partition coefficient (Wildman–Crippen LogP) is 5.56. The Morgan fingerprint density at radius 2 is 1.71 bits per heavy atom. The molecule has 0 saturated heterocycles. The zero-order valence-corrected chi connectivity index (χ0v) is 16.0. The van der Waals surface area contributed by atoms with Crippen molar-refractivity contribution in [3.8, 4) is 22.4 Å². The zero-order valence-electron chi connectivity index (χ0n) is 15.2. The standard InChI is InChI=1S/C24H18N2OS/c27-23(12-16-6-2-1-3-7-16)26-24-25-22(15-28-24)18-10-11-21-19(14-18)13-17-8-4-5-9-20(17)21/h1-11,14-15H,12-13H2,(H,25,26,27). The van der Waals surface area contributed by atoms with Gasteiger partial charge in [0.1, 0.15) is 0 Å². The molecule has 136 valence electrons. The van der Waals surface area contributed by atoms with Crippen molar-refractivity contribution < 1.29 is 4.79 Å². The molecule has 0 spiro atoms. The maximum Gasteiger partial charge on any atom is 0.230 e. The first kappa shape index (κ1) is 16.9. The highest BCUT2D eigenvalue weighted by atomic mass is 32.1. The van der Waals surface area contributed by atoms with Crippen LogP contribution in [0.25, 0.3) is 22.4 Å². The van der Waals surface area contributed by atoms with Crippen LogP contribution in [0.3, 0.4) is 0 Å². The number of nitrogens with one attached hydrogen (secondary N) is 1. The van der Waals surface area contributed by atoms with E-state index in [0.29, 0.717) is 11.6 Å². The zero-order chi connectivity index (χ0) is 18.9. The lowest BCUT2D eigenvalue weighted by Crippen LogP contribution is -2.14. The molecule has 1 aliphatic rings. The van der Waals surface area contributed by atoms with Gasteiger partial charge in [-0.15, -0.1) is 11.3 Å². The van der Waals surface area contributed by atoms with Crippen molar-refractivity contribution >= 4 is 22.4 Å². The summed E-state index contributed by atoms with van der Waals surface area (Å²) in [7, 11) is 0. The van der Waals surface area contributed by atoms with Crippen LogP contribution < -0.4 is 5.32 Å². The summed E-state index contributed by atoms with van der Waals surface area (Å²) in [5.41, 5.74) is 8.34. The summed E-state index contributed by atoms with van der Waals surface area (Å²) < 4.78 is 0. The van der Waals surface area contributed by atoms with Crippen LogP contribution in [0.2, 0.25) is 0 Å². The third kappa shape index (κ3) is 3.23. The molecule has 1 aromatic heterocycles. The van der Waals surface area contributed by atoms with Crippen LogP contribution in [-0.4, -0.2) is 10.9 Å². The maximum absolute atomic E-state index is 12.3. The van der Waals surface area contributed by atoms with E-state index in [1.807, 2.05) is 35.7 Å². The molecule has 1 amide bonds. The van der Waals surface area contributed by atoms with E-state index in [2.05, 4.69) is 52.8 Å². The lowest BCUT2D eigenvalue weighted by molar-refractivity contribution is -0.115. The Balaban J connectivity index is 1.33. The molecule has 4 heteroatoms. The topological polar surface area (TPSA) is 42.0 Å². The summed E-state index contributed by atoms with van der Waals surface area (Å²) >= 11 is 1.46. The number of anilines is 1. The first-order chi connectivity index (χ1) is 13.8. The third-order valence-corrected chi connectivity index (χ3v) is 5.81. The number of fused-ring (bicyclic) bond motifs is 3. The minimum Gasteiger partial charge on any atom is -0.302 e. The fourth-order valence-electron chi connectivity index (χ4n) is 3.71. The van der Waals surface area contributed by atoms with Crippen LogP contribution in [0.5, 0.6) is 0 Å². The Hall–Kier alpha value is -3.24. The van der Waals surface area contributed by atoms with Gasteiger partial charge in [0.25, 0.3) is 0 Å². The van der Waals surface area contributed by atoms with Gasteiger partial charge in [0.05, 0.1) is 12.1 Å². The van der Waals surface area contributed by atoms with Gasteiger partial charge in [-0.25, -0.2) is 4.98 Å². The Bertz CT molecular complexity index is 1160.